The Morgan fingerprint density at radius 2 is 1.65 bits per heavy atom. The average Bonchev–Trinajstić information content (AvgIpc) is 2.74. The molecule has 6 nitrogen and oxygen atoms in total. The van der Waals surface area contributed by atoms with Gasteiger partial charge in [0, 0.05) is 24.9 Å². The molecule has 0 amide bonds. The predicted octanol–water partition coefficient (Wildman–Crippen LogP) is 4.88. The van der Waals surface area contributed by atoms with Crippen LogP contribution in [0.2, 0.25) is 10.0 Å². The molecule has 1 atom stereocenters. The van der Waals surface area contributed by atoms with E-state index in [0.29, 0.717) is 39.3 Å². The second-order valence-corrected chi connectivity index (χ2v) is 8.27. The molecule has 0 aliphatic heterocycles. The highest BCUT2D eigenvalue weighted by molar-refractivity contribution is 6.42. The Hall–Kier alpha value is -2.28. The first-order chi connectivity index (χ1) is 14.7. The zero-order chi connectivity index (χ0) is 23.2. The van der Waals surface area contributed by atoms with Gasteiger partial charge in [-0.05, 0) is 41.8 Å². The Labute approximate surface area is 192 Å². The van der Waals surface area contributed by atoms with E-state index < -0.39 is 5.41 Å². The number of halogens is 2. The molecular formula is C23H27Cl2NO5. The topological polar surface area (TPSA) is 88.8 Å². The van der Waals surface area contributed by atoms with Crippen LogP contribution in [-0.2, 0) is 16.6 Å². The fourth-order valence-electron chi connectivity index (χ4n) is 3.47. The van der Waals surface area contributed by atoms with Crippen LogP contribution in [0.25, 0.3) is 0 Å². The minimum Gasteiger partial charge on any atom is -0.493 e. The largest absolute Gasteiger partial charge is 0.493 e. The summed E-state index contributed by atoms with van der Waals surface area (Å²) < 4.78 is 16.0. The molecule has 8 heteroatoms. The lowest BCUT2D eigenvalue weighted by Gasteiger charge is -2.30. The first kappa shape index (κ1) is 25.0. The maximum atomic E-state index is 12.9. The Morgan fingerprint density at radius 1 is 1.03 bits per heavy atom. The molecule has 0 aliphatic carbocycles. The van der Waals surface area contributed by atoms with E-state index in [9.17, 15) is 9.90 Å². The Balaban J connectivity index is 2.25. The van der Waals surface area contributed by atoms with Crippen LogP contribution in [0.3, 0.4) is 0 Å². The van der Waals surface area contributed by atoms with Crippen molar-refractivity contribution in [1.82, 2.24) is 0 Å². The standard InChI is InChI=1S/C23H27Cl2NO5/c1-23(7-8-27,15-5-6-16(24)17(25)12-15)13-18(26)19(28)9-14-10-20(29-2)22(31-4)21(11-14)30-3/h5-6,10-12,26-27H,7-9,13H2,1-4H3. The summed E-state index contributed by atoms with van der Waals surface area (Å²) in [6, 6.07) is 8.59. The molecule has 0 aromatic heterocycles. The zero-order valence-corrected chi connectivity index (χ0v) is 19.6. The van der Waals surface area contributed by atoms with E-state index in [1.807, 2.05) is 6.92 Å². The highest BCUT2D eigenvalue weighted by Crippen LogP contribution is 2.39. The summed E-state index contributed by atoms with van der Waals surface area (Å²) in [6.07, 6.45) is 0.520. The van der Waals surface area contributed by atoms with Crippen molar-refractivity contribution >= 4 is 34.7 Å². The molecule has 0 radical (unpaired) electrons. The van der Waals surface area contributed by atoms with Crippen molar-refractivity contribution < 1.29 is 24.1 Å². The summed E-state index contributed by atoms with van der Waals surface area (Å²) in [5.41, 5.74) is 0.755. The molecule has 1 unspecified atom stereocenters. The zero-order valence-electron chi connectivity index (χ0n) is 18.1. The first-order valence-corrected chi connectivity index (χ1v) is 10.4. The van der Waals surface area contributed by atoms with Gasteiger partial charge in [-0.15, -0.1) is 0 Å². The van der Waals surface area contributed by atoms with E-state index in [-0.39, 0.29) is 30.9 Å². The lowest BCUT2D eigenvalue weighted by molar-refractivity contribution is -0.112. The van der Waals surface area contributed by atoms with Crippen molar-refractivity contribution in [2.24, 2.45) is 0 Å². The molecule has 0 spiro atoms. The molecular weight excluding hydrogens is 441 g/mol. The Morgan fingerprint density at radius 3 is 2.13 bits per heavy atom. The van der Waals surface area contributed by atoms with E-state index in [1.165, 1.54) is 21.3 Å². The van der Waals surface area contributed by atoms with Gasteiger partial charge < -0.3 is 24.7 Å². The van der Waals surface area contributed by atoms with Gasteiger partial charge in [-0.25, -0.2) is 0 Å². The van der Waals surface area contributed by atoms with Gasteiger partial charge in [-0.3, -0.25) is 4.79 Å². The quantitative estimate of drug-likeness (QED) is 0.459. The van der Waals surface area contributed by atoms with Crippen LogP contribution in [0.1, 0.15) is 30.9 Å². The Kier molecular flexibility index (Phi) is 8.74. The molecule has 168 valence electrons. The molecule has 0 fully saturated rings. The summed E-state index contributed by atoms with van der Waals surface area (Å²) in [5.74, 6) is 0.985. The number of carbonyl (C=O) groups is 1. The van der Waals surface area contributed by atoms with Gasteiger partial charge in [0.05, 0.1) is 37.1 Å². The first-order valence-electron chi connectivity index (χ1n) is 9.65. The van der Waals surface area contributed by atoms with Gasteiger partial charge in [0.15, 0.2) is 17.3 Å². The summed E-state index contributed by atoms with van der Waals surface area (Å²) in [5, 5.41) is 18.8. The monoisotopic (exact) mass is 467 g/mol. The minimum absolute atomic E-state index is 0.00608. The van der Waals surface area contributed by atoms with E-state index in [4.69, 9.17) is 42.8 Å². The van der Waals surface area contributed by atoms with Crippen LogP contribution in [0.4, 0.5) is 0 Å². The van der Waals surface area contributed by atoms with Crippen molar-refractivity contribution in [3.63, 3.8) is 0 Å². The normalized spacial score (nSPS) is 12.7. The van der Waals surface area contributed by atoms with E-state index in [0.717, 1.165) is 5.56 Å². The fourth-order valence-corrected chi connectivity index (χ4v) is 3.77. The molecule has 0 saturated carbocycles. The van der Waals surface area contributed by atoms with Crippen molar-refractivity contribution in [2.45, 2.75) is 31.6 Å². The van der Waals surface area contributed by atoms with Gasteiger partial charge in [-0.1, -0.05) is 36.2 Å². The maximum Gasteiger partial charge on any atom is 0.203 e. The lowest BCUT2D eigenvalue weighted by atomic mass is 9.75. The van der Waals surface area contributed by atoms with Crippen LogP contribution in [0.15, 0.2) is 30.3 Å². The lowest BCUT2D eigenvalue weighted by Crippen LogP contribution is -2.30. The fraction of sp³-hybridized carbons (Fsp3) is 0.391. The van der Waals surface area contributed by atoms with Gasteiger partial charge in [0.1, 0.15) is 0 Å². The molecule has 2 rings (SSSR count). The van der Waals surface area contributed by atoms with Crippen LogP contribution in [0, 0.1) is 5.41 Å². The van der Waals surface area contributed by atoms with Gasteiger partial charge in [0.25, 0.3) is 0 Å². The number of hydrogen-bond donors (Lipinski definition) is 2. The number of nitrogens with one attached hydrogen (secondary N) is 1. The molecule has 0 saturated heterocycles. The number of Topliss-reactive ketones (excluding diaryl/α,β-unsaturated/α-hetero) is 1. The molecule has 2 aromatic rings. The average molecular weight is 468 g/mol. The van der Waals surface area contributed by atoms with Crippen LogP contribution in [0.5, 0.6) is 17.2 Å². The summed E-state index contributed by atoms with van der Waals surface area (Å²) >= 11 is 12.2. The number of aliphatic hydroxyl groups excluding tert-OH is 1. The molecule has 0 bridgehead atoms. The number of ether oxygens (including phenoxy) is 3. The number of benzene rings is 2. The number of aliphatic hydroxyl groups is 1. The maximum absolute atomic E-state index is 12.9. The predicted molar refractivity (Wildman–Crippen MR) is 123 cm³/mol. The molecule has 2 N–H and O–H groups in total. The van der Waals surface area contributed by atoms with Crippen molar-refractivity contribution in [3.8, 4) is 17.2 Å². The summed E-state index contributed by atoms with van der Waals surface area (Å²) in [6.45, 7) is 1.80. The van der Waals surface area contributed by atoms with Gasteiger partial charge in [-0.2, -0.15) is 0 Å². The smallest absolute Gasteiger partial charge is 0.203 e. The number of carbonyl (C=O) groups excluding carboxylic acids is 1. The van der Waals surface area contributed by atoms with Gasteiger partial charge in [0.2, 0.25) is 5.75 Å². The van der Waals surface area contributed by atoms with Crippen LogP contribution < -0.4 is 14.2 Å². The molecule has 0 aliphatic rings. The number of methoxy groups -OCH3 is 3. The highest BCUT2D eigenvalue weighted by Gasteiger charge is 2.30. The highest BCUT2D eigenvalue weighted by atomic mass is 35.5. The number of hydrogen-bond acceptors (Lipinski definition) is 6. The second-order valence-electron chi connectivity index (χ2n) is 7.45. The third kappa shape index (κ3) is 5.91. The minimum atomic E-state index is -0.648. The van der Waals surface area contributed by atoms with Gasteiger partial charge >= 0.3 is 0 Å². The van der Waals surface area contributed by atoms with Crippen molar-refractivity contribution in [2.75, 3.05) is 27.9 Å². The Bertz CT molecular complexity index is 938. The van der Waals surface area contributed by atoms with Crippen LogP contribution in [-0.4, -0.2) is 44.5 Å². The molecule has 0 heterocycles. The third-order valence-electron chi connectivity index (χ3n) is 5.27. The van der Waals surface area contributed by atoms with E-state index >= 15 is 0 Å². The third-order valence-corrected chi connectivity index (χ3v) is 6.01. The van der Waals surface area contributed by atoms with Crippen molar-refractivity contribution in [1.29, 1.82) is 5.41 Å². The summed E-state index contributed by atoms with van der Waals surface area (Å²) in [4.78, 5) is 12.9. The SMILES string of the molecule is COc1cc(CC(=O)C(=N)CC(C)(CCO)c2ccc(Cl)c(Cl)c2)cc(OC)c1OC. The molecule has 31 heavy (non-hydrogen) atoms. The van der Waals surface area contributed by atoms with E-state index in [1.54, 1.807) is 30.3 Å². The summed E-state index contributed by atoms with van der Waals surface area (Å²) in [7, 11) is 4.51. The van der Waals surface area contributed by atoms with Crippen molar-refractivity contribution in [3.05, 3.63) is 51.5 Å². The number of rotatable bonds is 11. The van der Waals surface area contributed by atoms with Crippen LogP contribution >= 0.6 is 23.2 Å². The van der Waals surface area contributed by atoms with E-state index in [2.05, 4.69) is 0 Å². The number of ketones is 1. The molecule has 2 aromatic carbocycles. The second kappa shape index (κ2) is 10.8.